The second-order valence-electron chi connectivity index (χ2n) is 10.9. The van der Waals surface area contributed by atoms with Crippen molar-refractivity contribution < 1.29 is 22.3 Å². The van der Waals surface area contributed by atoms with Crippen molar-refractivity contribution >= 4 is 11.6 Å². The molecule has 0 bridgehead atoms. The average molecular weight is 694 g/mol. The highest BCUT2D eigenvalue weighted by atomic mass is 35.5. The smallest absolute Gasteiger partial charge is 0.379 e. The summed E-state index contributed by atoms with van der Waals surface area (Å²) in [5, 5.41) is 4.28. The highest BCUT2D eigenvalue weighted by Crippen LogP contribution is 2.28. The Morgan fingerprint density at radius 1 is 1.04 bits per heavy atom. The molecule has 0 saturated carbocycles. The number of nitrogens with one attached hydrogen (secondary N) is 1. The third-order valence-electron chi connectivity index (χ3n) is 7.03. The second-order valence-corrected chi connectivity index (χ2v) is 11.3. The minimum atomic E-state index is -4.15. The van der Waals surface area contributed by atoms with Crippen LogP contribution in [0.4, 0.5) is 17.6 Å². The highest BCUT2D eigenvalue weighted by molar-refractivity contribution is 6.31. The molecule has 2 unspecified atom stereocenters. The van der Waals surface area contributed by atoms with Gasteiger partial charge in [0.25, 0.3) is 0 Å². The maximum Gasteiger partial charge on any atom is 0.394 e. The molecule has 2 heterocycles. The van der Waals surface area contributed by atoms with Gasteiger partial charge in [-0.3, -0.25) is 9.29 Å². The standard InChI is InChI=1S/C16H27F3N2.C14H20ClNO.C2H5F.2C2H6.C2H4/c1-4-15(11-13(2)16(17,18)19)7-5-6-9-21-10-8-20-14(3)12-21;1-11(2)12-3-4-13(14(15)9-12)10-16-5-7-17-8-6-16;1-2-3;3*1-2/h5,7,11,13-14,20H,4,6,8-10,12H2,1-3H3;3-4,9,11H,5-8,10H2,1-2H3;2H2,1H3;2*1-2H3;1-2H2/b7-5-,15-11-;;;;;. The Bertz CT molecular complexity index is 919. The van der Waals surface area contributed by atoms with E-state index in [2.05, 4.69) is 67.2 Å². The van der Waals surface area contributed by atoms with Crippen molar-refractivity contribution in [3.63, 3.8) is 0 Å². The van der Waals surface area contributed by atoms with Crippen molar-refractivity contribution in [3.8, 4) is 0 Å². The van der Waals surface area contributed by atoms with Crippen LogP contribution in [0.3, 0.4) is 0 Å². The first-order valence-corrected chi connectivity index (χ1v) is 17.8. The lowest BCUT2D eigenvalue weighted by Gasteiger charge is -2.31. The molecular formula is C38H68ClF4N3O. The molecule has 1 aromatic carbocycles. The summed E-state index contributed by atoms with van der Waals surface area (Å²) in [6, 6.07) is 6.96. The topological polar surface area (TPSA) is 27.7 Å². The fourth-order valence-electron chi connectivity index (χ4n) is 4.47. The number of rotatable bonds is 9. The van der Waals surface area contributed by atoms with Gasteiger partial charge in [-0.25, -0.2) is 0 Å². The van der Waals surface area contributed by atoms with E-state index in [9.17, 15) is 17.6 Å². The van der Waals surface area contributed by atoms with Crippen LogP contribution in [0.25, 0.3) is 0 Å². The van der Waals surface area contributed by atoms with Crippen LogP contribution in [-0.4, -0.2) is 81.2 Å². The first-order chi connectivity index (χ1) is 22.4. The fraction of sp³-hybridized carbons (Fsp3) is 0.684. The first-order valence-electron chi connectivity index (χ1n) is 17.4. The van der Waals surface area contributed by atoms with Gasteiger partial charge < -0.3 is 15.0 Å². The summed E-state index contributed by atoms with van der Waals surface area (Å²) < 4.78 is 53.2. The maximum atomic E-state index is 12.5. The zero-order valence-corrected chi connectivity index (χ0v) is 32.0. The third-order valence-corrected chi connectivity index (χ3v) is 7.38. The monoisotopic (exact) mass is 693 g/mol. The van der Waals surface area contributed by atoms with Crippen LogP contribution in [0.2, 0.25) is 5.02 Å². The summed E-state index contributed by atoms with van der Waals surface area (Å²) in [5.74, 6) is -0.851. The molecule has 47 heavy (non-hydrogen) atoms. The van der Waals surface area contributed by atoms with Crippen LogP contribution in [-0.2, 0) is 11.3 Å². The number of hydrogen-bond acceptors (Lipinski definition) is 4. The van der Waals surface area contributed by atoms with E-state index in [0.717, 1.165) is 76.0 Å². The normalized spacial score (nSPS) is 17.7. The van der Waals surface area contributed by atoms with Crippen LogP contribution in [0.5, 0.6) is 0 Å². The molecule has 0 aliphatic carbocycles. The number of morpholine rings is 1. The zero-order chi connectivity index (χ0) is 36.8. The van der Waals surface area contributed by atoms with Gasteiger partial charge in [-0.15, -0.1) is 13.2 Å². The van der Waals surface area contributed by atoms with E-state index in [0.29, 0.717) is 18.4 Å². The molecule has 9 heteroatoms. The van der Waals surface area contributed by atoms with E-state index < -0.39 is 12.1 Å². The largest absolute Gasteiger partial charge is 0.394 e. The van der Waals surface area contributed by atoms with Crippen molar-refractivity contribution in [3.05, 3.63) is 71.3 Å². The van der Waals surface area contributed by atoms with Gasteiger partial charge in [-0.05, 0) is 49.8 Å². The highest BCUT2D eigenvalue weighted by Gasteiger charge is 2.34. The predicted molar refractivity (Wildman–Crippen MR) is 198 cm³/mol. The first kappa shape index (κ1) is 49.7. The lowest BCUT2D eigenvalue weighted by Crippen LogP contribution is -2.49. The Hall–Kier alpha value is -1.71. The lowest BCUT2D eigenvalue weighted by molar-refractivity contribution is -0.156. The Kier molecular flexibility index (Phi) is 33.3. The van der Waals surface area contributed by atoms with Gasteiger partial charge in [-0.2, -0.15) is 13.2 Å². The van der Waals surface area contributed by atoms with Crippen molar-refractivity contribution in [1.29, 1.82) is 0 Å². The molecule has 2 atom stereocenters. The van der Waals surface area contributed by atoms with E-state index in [1.54, 1.807) is 0 Å². The molecule has 0 amide bonds. The molecule has 2 aliphatic heterocycles. The maximum absolute atomic E-state index is 12.5. The van der Waals surface area contributed by atoms with Crippen LogP contribution in [0.1, 0.15) is 99.1 Å². The summed E-state index contributed by atoms with van der Waals surface area (Å²) in [7, 11) is 0. The predicted octanol–water partition coefficient (Wildman–Crippen LogP) is 10.9. The van der Waals surface area contributed by atoms with E-state index in [4.69, 9.17) is 16.3 Å². The molecule has 2 aliphatic rings. The van der Waals surface area contributed by atoms with Gasteiger partial charge in [0.2, 0.25) is 0 Å². The number of allylic oxidation sites excluding steroid dienone is 3. The third kappa shape index (κ3) is 25.0. The van der Waals surface area contributed by atoms with Crippen molar-refractivity contribution in [1.82, 2.24) is 15.1 Å². The SMILES string of the molecule is C=C.CC.CC.CC(C)c1ccc(CN2CCOCC2)c(Cl)c1.CCC(/C=C\CCN1CCNC(C)C1)=C/C(C)C(F)(F)F.CCF. The summed E-state index contributed by atoms with van der Waals surface area (Å²) >= 11 is 6.33. The summed E-state index contributed by atoms with van der Waals surface area (Å²) in [4.78, 5) is 4.78. The van der Waals surface area contributed by atoms with Crippen molar-refractivity contribution in [2.45, 2.75) is 107 Å². The molecule has 2 fully saturated rings. The quantitative estimate of drug-likeness (QED) is 0.158. The molecule has 0 spiro atoms. The fourth-order valence-corrected chi connectivity index (χ4v) is 4.71. The summed E-state index contributed by atoms with van der Waals surface area (Å²) in [5.41, 5.74) is 3.28. The number of ether oxygens (including phenoxy) is 1. The molecule has 3 rings (SSSR count). The van der Waals surface area contributed by atoms with Gasteiger partial charge in [0.05, 0.1) is 25.8 Å². The van der Waals surface area contributed by atoms with Crippen LogP contribution in [0.15, 0.2) is 55.2 Å². The Balaban J connectivity index is -0.000000669. The van der Waals surface area contributed by atoms with Crippen LogP contribution >= 0.6 is 11.6 Å². The second kappa shape index (κ2) is 31.6. The molecule has 0 aromatic heterocycles. The Labute approximate surface area is 291 Å². The molecule has 4 nitrogen and oxygen atoms in total. The molecule has 1 N–H and O–H groups in total. The molecule has 1 aromatic rings. The molecular weight excluding hydrogens is 626 g/mol. The number of benzene rings is 1. The van der Waals surface area contributed by atoms with E-state index >= 15 is 0 Å². The zero-order valence-electron chi connectivity index (χ0n) is 31.3. The van der Waals surface area contributed by atoms with E-state index in [-0.39, 0.29) is 6.67 Å². The molecule has 2 saturated heterocycles. The van der Waals surface area contributed by atoms with Crippen LogP contribution < -0.4 is 5.32 Å². The number of hydrogen-bond donors (Lipinski definition) is 1. The van der Waals surface area contributed by atoms with Crippen molar-refractivity contribution in [2.75, 3.05) is 59.2 Å². The van der Waals surface area contributed by atoms with Gasteiger partial charge in [0, 0.05) is 56.9 Å². The number of halogens is 5. The van der Waals surface area contributed by atoms with Crippen molar-refractivity contribution in [2.24, 2.45) is 5.92 Å². The molecule has 0 radical (unpaired) electrons. The van der Waals surface area contributed by atoms with E-state index in [1.807, 2.05) is 46.8 Å². The number of nitrogens with zero attached hydrogens (tertiary/aromatic N) is 2. The summed E-state index contributed by atoms with van der Waals surface area (Å²) in [6.07, 6.45) is 2.51. The van der Waals surface area contributed by atoms with Gasteiger partial charge >= 0.3 is 6.18 Å². The Morgan fingerprint density at radius 3 is 2.09 bits per heavy atom. The minimum Gasteiger partial charge on any atom is -0.379 e. The average Bonchev–Trinajstić information content (AvgIpc) is 3.07. The summed E-state index contributed by atoms with van der Waals surface area (Å²) in [6.45, 7) is 33.5. The van der Waals surface area contributed by atoms with Gasteiger partial charge in [0.1, 0.15) is 0 Å². The number of alkyl halides is 4. The lowest BCUT2D eigenvalue weighted by atomic mass is 10.0. The van der Waals surface area contributed by atoms with Crippen LogP contribution in [0, 0.1) is 5.92 Å². The van der Waals surface area contributed by atoms with Gasteiger partial charge in [-0.1, -0.05) is 103 Å². The Morgan fingerprint density at radius 2 is 1.62 bits per heavy atom. The minimum absolute atomic E-state index is 0.250. The van der Waals surface area contributed by atoms with Gasteiger partial charge in [0.15, 0.2) is 0 Å². The number of piperazine rings is 1. The molecule has 276 valence electrons. The van der Waals surface area contributed by atoms with E-state index in [1.165, 1.54) is 31.1 Å².